The molecular weight excluding hydrogens is 264 g/mol. The summed E-state index contributed by atoms with van der Waals surface area (Å²) in [6.07, 6.45) is -0.713. The Labute approximate surface area is 123 Å². The molecule has 0 aliphatic rings. The number of primary amides is 1. The van der Waals surface area contributed by atoms with Gasteiger partial charge in [0.15, 0.2) is 0 Å². The Bertz CT molecular complexity index is 675. The zero-order valence-electron chi connectivity index (χ0n) is 11.7. The van der Waals surface area contributed by atoms with Crippen LogP contribution in [-0.2, 0) is 11.2 Å². The molecule has 0 aromatic heterocycles. The molecule has 2 aromatic rings. The fourth-order valence-electron chi connectivity index (χ4n) is 2.23. The standard InChI is InChI=1S/C17H16N2O2/c1-12-9-13(11-18)7-8-15(12)10-16(21-17(19)20)14-5-3-2-4-6-14/h2-9,16H,10H2,1H3,(H2,19,20). The molecule has 1 amide bonds. The minimum absolute atomic E-state index is 0.435. The van der Waals surface area contributed by atoms with Crippen molar-refractivity contribution in [1.29, 1.82) is 5.26 Å². The molecule has 0 spiro atoms. The Kier molecular flexibility index (Phi) is 4.57. The maximum atomic E-state index is 11.1. The van der Waals surface area contributed by atoms with Crippen LogP contribution in [0.15, 0.2) is 48.5 Å². The van der Waals surface area contributed by atoms with Crippen molar-refractivity contribution >= 4 is 6.09 Å². The average molecular weight is 280 g/mol. The average Bonchev–Trinajstić information content (AvgIpc) is 2.49. The van der Waals surface area contributed by atoms with Crippen LogP contribution in [-0.4, -0.2) is 6.09 Å². The number of benzene rings is 2. The highest BCUT2D eigenvalue weighted by Crippen LogP contribution is 2.24. The van der Waals surface area contributed by atoms with Crippen molar-refractivity contribution in [3.8, 4) is 6.07 Å². The maximum Gasteiger partial charge on any atom is 0.405 e. The Morgan fingerprint density at radius 2 is 2.00 bits per heavy atom. The van der Waals surface area contributed by atoms with E-state index >= 15 is 0 Å². The van der Waals surface area contributed by atoms with E-state index in [4.69, 9.17) is 15.7 Å². The number of nitrogens with two attached hydrogens (primary N) is 1. The lowest BCUT2D eigenvalue weighted by molar-refractivity contribution is 0.106. The van der Waals surface area contributed by atoms with Crippen molar-refractivity contribution in [1.82, 2.24) is 0 Å². The van der Waals surface area contributed by atoms with Gasteiger partial charge >= 0.3 is 6.09 Å². The molecule has 2 aromatic carbocycles. The fourth-order valence-corrected chi connectivity index (χ4v) is 2.23. The van der Waals surface area contributed by atoms with E-state index in [-0.39, 0.29) is 0 Å². The van der Waals surface area contributed by atoms with Crippen LogP contribution in [0.3, 0.4) is 0 Å². The van der Waals surface area contributed by atoms with Gasteiger partial charge in [-0.1, -0.05) is 36.4 Å². The number of amides is 1. The minimum atomic E-state index is -0.796. The summed E-state index contributed by atoms with van der Waals surface area (Å²) in [7, 11) is 0. The summed E-state index contributed by atoms with van der Waals surface area (Å²) in [5, 5.41) is 8.90. The van der Waals surface area contributed by atoms with E-state index < -0.39 is 12.2 Å². The molecular formula is C17H16N2O2. The SMILES string of the molecule is Cc1cc(C#N)ccc1CC(OC(N)=O)c1ccccc1. The third kappa shape index (κ3) is 3.83. The molecule has 0 bridgehead atoms. The van der Waals surface area contributed by atoms with Crippen LogP contribution in [0.2, 0.25) is 0 Å². The van der Waals surface area contributed by atoms with Crippen molar-refractivity contribution in [2.75, 3.05) is 0 Å². The molecule has 0 fully saturated rings. The summed E-state index contributed by atoms with van der Waals surface area (Å²) in [5.74, 6) is 0. The van der Waals surface area contributed by atoms with Crippen molar-refractivity contribution in [3.05, 3.63) is 70.8 Å². The highest BCUT2D eigenvalue weighted by molar-refractivity contribution is 5.65. The summed E-state index contributed by atoms with van der Waals surface area (Å²) in [4.78, 5) is 11.1. The largest absolute Gasteiger partial charge is 0.441 e. The Morgan fingerprint density at radius 1 is 1.29 bits per heavy atom. The van der Waals surface area contributed by atoms with E-state index in [9.17, 15) is 4.79 Å². The zero-order valence-corrected chi connectivity index (χ0v) is 11.7. The minimum Gasteiger partial charge on any atom is -0.441 e. The Balaban J connectivity index is 2.27. The topological polar surface area (TPSA) is 76.1 Å². The molecule has 2 rings (SSSR count). The number of nitriles is 1. The van der Waals surface area contributed by atoms with Gasteiger partial charge in [-0.05, 0) is 35.7 Å². The van der Waals surface area contributed by atoms with Gasteiger partial charge in [-0.25, -0.2) is 4.79 Å². The second kappa shape index (κ2) is 6.58. The first kappa shape index (κ1) is 14.6. The van der Waals surface area contributed by atoms with Gasteiger partial charge in [0.1, 0.15) is 6.10 Å². The summed E-state index contributed by atoms with van der Waals surface area (Å²) < 4.78 is 5.23. The summed E-state index contributed by atoms with van der Waals surface area (Å²) in [6, 6.07) is 17.0. The van der Waals surface area contributed by atoms with Crippen LogP contribution in [0.5, 0.6) is 0 Å². The number of rotatable bonds is 4. The van der Waals surface area contributed by atoms with Crippen LogP contribution in [0.1, 0.15) is 28.4 Å². The van der Waals surface area contributed by atoms with Crippen LogP contribution in [0, 0.1) is 18.3 Å². The van der Waals surface area contributed by atoms with Crippen molar-refractivity contribution < 1.29 is 9.53 Å². The number of carbonyl (C=O) groups excluding carboxylic acids is 1. The predicted molar refractivity (Wildman–Crippen MR) is 79.4 cm³/mol. The molecule has 4 nitrogen and oxygen atoms in total. The summed E-state index contributed by atoms with van der Waals surface area (Å²) in [5.41, 5.74) is 8.67. The number of ether oxygens (including phenoxy) is 1. The quantitative estimate of drug-likeness (QED) is 0.934. The number of hydrogen-bond donors (Lipinski definition) is 1. The van der Waals surface area contributed by atoms with Gasteiger partial charge in [-0.3, -0.25) is 0 Å². The Hall–Kier alpha value is -2.80. The van der Waals surface area contributed by atoms with E-state index in [1.807, 2.05) is 49.4 Å². The van der Waals surface area contributed by atoms with Gasteiger partial charge in [0.2, 0.25) is 0 Å². The molecule has 4 heteroatoms. The normalized spacial score (nSPS) is 11.4. The van der Waals surface area contributed by atoms with E-state index in [2.05, 4.69) is 6.07 Å². The number of nitrogens with zero attached hydrogens (tertiary/aromatic N) is 1. The number of hydrogen-bond acceptors (Lipinski definition) is 3. The van der Waals surface area contributed by atoms with Gasteiger partial charge in [0, 0.05) is 6.42 Å². The van der Waals surface area contributed by atoms with Crippen LogP contribution in [0.25, 0.3) is 0 Å². The molecule has 1 unspecified atom stereocenters. The van der Waals surface area contributed by atoms with Crippen molar-refractivity contribution in [2.24, 2.45) is 5.73 Å². The van der Waals surface area contributed by atoms with E-state index in [1.165, 1.54) is 0 Å². The molecule has 0 saturated carbocycles. The fraction of sp³-hybridized carbons (Fsp3) is 0.176. The summed E-state index contributed by atoms with van der Waals surface area (Å²) in [6.45, 7) is 1.93. The van der Waals surface area contributed by atoms with Crippen molar-refractivity contribution in [3.63, 3.8) is 0 Å². The molecule has 0 radical (unpaired) electrons. The maximum absolute atomic E-state index is 11.1. The van der Waals surface area contributed by atoms with Crippen LogP contribution in [0.4, 0.5) is 4.79 Å². The molecule has 106 valence electrons. The molecule has 0 heterocycles. The number of carbonyl (C=O) groups is 1. The van der Waals surface area contributed by atoms with E-state index in [1.54, 1.807) is 6.07 Å². The first-order valence-corrected chi connectivity index (χ1v) is 6.61. The lowest BCUT2D eigenvalue weighted by Crippen LogP contribution is -2.19. The second-order valence-corrected chi connectivity index (χ2v) is 4.79. The third-order valence-electron chi connectivity index (χ3n) is 3.31. The lowest BCUT2D eigenvalue weighted by atomic mass is 9.97. The predicted octanol–water partition coefficient (Wildman–Crippen LogP) is 3.25. The van der Waals surface area contributed by atoms with Gasteiger partial charge in [0.05, 0.1) is 11.6 Å². The first-order valence-electron chi connectivity index (χ1n) is 6.61. The lowest BCUT2D eigenvalue weighted by Gasteiger charge is -2.18. The van der Waals surface area contributed by atoms with Gasteiger partial charge < -0.3 is 10.5 Å². The van der Waals surface area contributed by atoms with Crippen LogP contribution < -0.4 is 5.73 Å². The van der Waals surface area contributed by atoms with Gasteiger partial charge in [-0.15, -0.1) is 0 Å². The second-order valence-electron chi connectivity index (χ2n) is 4.79. The highest BCUT2D eigenvalue weighted by Gasteiger charge is 2.17. The molecule has 0 aliphatic carbocycles. The third-order valence-corrected chi connectivity index (χ3v) is 3.31. The highest BCUT2D eigenvalue weighted by atomic mass is 16.6. The van der Waals surface area contributed by atoms with E-state index in [0.717, 1.165) is 16.7 Å². The smallest absolute Gasteiger partial charge is 0.405 e. The summed E-state index contributed by atoms with van der Waals surface area (Å²) >= 11 is 0. The zero-order chi connectivity index (χ0) is 15.2. The molecule has 2 N–H and O–H groups in total. The number of aryl methyl sites for hydroxylation is 1. The molecule has 0 saturated heterocycles. The molecule has 1 atom stereocenters. The Morgan fingerprint density at radius 3 is 2.57 bits per heavy atom. The van der Waals surface area contributed by atoms with Gasteiger partial charge in [-0.2, -0.15) is 5.26 Å². The molecule has 21 heavy (non-hydrogen) atoms. The van der Waals surface area contributed by atoms with Crippen molar-refractivity contribution in [2.45, 2.75) is 19.4 Å². The monoisotopic (exact) mass is 280 g/mol. The van der Waals surface area contributed by atoms with E-state index in [0.29, 0.717) is 12.0 Å². The molecule has 0 aliphatic heterocycles. The first-order chi connectivity index (χ1) is 10.1. The van der Waals surface area contributed by atoms with Crippen LogP contribution >= 0.6 is 0 Å². The van der Waals surface area contributed by atoms with Gasteiger partial charge in [0.25, 0.3) is 0 Å².